The first-order chi connectivity index (χ1) is 15.3. The van der Waals surface area contributed by atoms with Gasteiger partial charge < -0.3 is 10.3 Å². The molecule has 1 heterocycles. The zero-order valence-corrected chi connectivity index (χ0v) is 17.4. The molecule has 0 atom stereocenters. The Morgan fingerprint density at radius 3 is 2.06 bits per heavy atom. The lowest BCUT2D eigenvalue weighted by Gasteiger charge is -2.07. The number of carbonyl (C=O) groups is 1. The first-order valence-corrected chi connectivity index (χ1v) is 11.2. The molecule has 0 saturated heterocycles. The van der Waals surface area contributed by atoms with Crippen LogP contribution in [-0.2, 0) is 14.6 Å². The second-order valence-electron chi connectivity index (χ2n) is 6.95. The summed E-state index contributed by atoms with van der Waals surface area (Å²) in [5.74, 6) is -2.33. The standard InChI is InChI=1S/C23H17F2N3O3S/c24-17-8-6-16(7-9-17)22-27-21(15-4-2-1-3-5-15)23(28-22)32(30,31)14-20(29)26-19-12-10-18(25)11-13-19/h1-13H,14H2,(H,26,29)(H,27,28). The molecule has 0 spiro atoms. The third-order valence-corrected chi connectivity index (χ3v) is 6.16. The van der Waals surface area contributed by atoms with Crippen molar-refractivity contribution in [2.75, 3.05) is 11.1 Å². The van der Waals surface area contributed by atoms with Crippen LogP contribution in [0.5, 0.6) is 0 Å². The molecule has 32 heavy (non-hydrogen) atoms. The third-order valence-electron chi connectivity index (χ3n) is 4.60. The van der Waals surface area contributed by atoms with E-state index in [1.54, 1.807) is 30.3 Å². The largest absolute Gasteiger partial charge is 0.329 e. The summed E-state index contributed by atoms with van der Waals surface area (Å²) in [7, 11) is -4.14. The number of nitrogens with zero attached hydrogens (tertiary/aromatic N) is 1. The topological polar surface area (TPSA) is 91.9 Å². The Balaban J connectivity index is 1.69. The molecule has 0 aliphatic carbocycles. The highest BCUT2D eigenvalue weighted by atomic mass is 32.2. The molecule has 1 amide bonds. The molecular formula is C23H17F2N3O3S. The molecule has 1 aromatic heterocycles. The third kappa shape index (κ3) is 4.73. The van der Waals surface area contributed by atoms with E-state index in [2.05, 4.69) is 15.3 Å². The Kier molecular flexibility index (Phi) is 5.83. The zero-order chi connectivity index (χ0) is 22.7. The number of aromatic amines is 1. The minimum atomic E-state index is -4.14. The van der Waals surface area contributed by atoms with Crippen molar-refractivity contribution >= 4 is 21.4 Å². The fourth-order valence-corrected chi connectivity index (χ4v) is 4.37. The molecular weight excluding hydrogens is 436 g/mol. The lowest BCUT2D eigenvalue weighted by atomic mass is 10.2. The van der Waals surface area contributed by atoms with Crippen LogP contribution < -0.4 is 5.32 Å². The minimum absolute atomic E-state index is 0.152. The number of H-pyrrole nitrogens is 1. The lowest BCUT2D eigenvalue weighted by molar-refractivity contribution is -0.113. The van der Waals surface area contributed by atoms with E-state index in [1.807, 2.05) is 0 Å². The molecule has 0 unspecified atom stereocenters. The first-order valence-electron chi connectivity index (χ1n) is 9.51. The second-order valence-corrected chi connectivity index (χ2v) is 8.88. The van der Waals surface area contributed by atoms with E-state index in [-0.39, 0.29) is 22.2 Å². The molecule has 0 aliphatic rings. The molecule has 6 nitrogen and oxygen atoms in total. The number of amides is 1. The van der Waals surface area contributed by atoms with Gasteiger partial charge in [-0.1, -0.05) is 30.3 Å². The number of imidazole rings is 1. The van der Waals surface area contributed by atoms with Crippen LogP contribution in [0.3, 0.4) is 0 Å². The van der Waals surface area contributed by atoms with Crippen molar-refractivity contribution < 1.29 is 22.0 Å². The van der Waals surface area contributed by atoms with Crippen LogP contribution in [-0.4, -0.2) is 30.0 Å². The van der Waals surface area contributed by atoms with Crippen LogP contribution in [0.25, 0.3) is 22.6 Å². The summed E-state index contributed by atoms with van der Waals surface area (Å²) in [5.41, 5.74) is 1.45. The number of halogens is 2. The monoisotopic (exact) mass is 453 g/mol. The quantitative estimate of drug-likeness (QED) is 0.452. The van der Waals surface area contributed by atoms with E-state index in [1.165, 1.54) is 36.4 Å². The normalized spacial score (nSPS) is 11.3. The summed E-state index contributed by atoms with van der Waals surface area (Å²) in [6, 6.07) is 19.0. The lowest BCUT2D eigenvalue weighted by Crippen LogP contribution is -2.23. The SMILES string of the molecule is O=C(CS(=O)(=O)c1[nH]c(-c2ccc(F)cc2)nc1-c1ccccc1)Nc1ccc(F)cc1. The Morgan fingerprint density at radius 2 is 1.44 bits per heavy atom. The molecule has 3 aromatic carbocycles. The van der Waals surface area contributed by atoms with Gasteiger partial charge in [0.1, 0.15) is 28.9 Å². The van der Waals surface area contributed by atoms with Crippen molar-refractivity contribution in [1.82, 2.24) is 9.97 Å². The van der Waals surface area contributed by atoms with Gasteiger partial charge in [0.15, 0.2) is 5.03 Å². The number of anilines is 1. The predicted octanol–water partition coefficient (Wildman–Crippen LogP) is 4.43. The van der Waals surface area contributed by atoms with E-state index < -0.39 is 33.1 Å². The van der Waals surface area contributed by atoms with Gasteiger partial charge in [0.2, 0.25) is 15.7 Å². The van der Waals surface area contributed by atoms with Crippen molar-refractivity contribution in [1.29, 1.82) is 0 Å². The van der Waals surface area contributed by atoms with Gasteiger partial charge >= 0.3 is 0 Å². The highest BCUT2D eigenvalue weighted by molar-refractivity contribution is 7.92. The Morgan fingerprint density at radius 1 is 0.844 bits per heavy atom. The Bertz CT molecular complexity index is 1350. The zero-order valence-electron chi connectivity index (χ0n) is 16.5. The van der Waals surface area contributed by atoms with Gasteiger partial charge in [0, 0.05) is 16.8 Å². The molecule has 0 aliphatic heterocycles. The maximum absolute atomic E-state index is 13.3. The van der Waals surface area contributed by atoms with Crippen LogP contribution >= 0.6 is 0 Å². The first kappa shape index (κ1) is 21.4. The second kappa shape index (κ2) is 8.72. The maximum Gasteiger partial charge on any atom is 0.240 e. The molecule has 9 heteroatoms. The number of rotatable bonds is 6. The number of aromatic nitrogens is 2. The van der Waals surface area contributed by atoms with Gasteiger partial charge in [-0.25, -0.2) is 22.2 Å². The number of hydrogen-bond acceptors (Lipinski definition) is 4. The number of sulfone groups is 1. The van der Waals surface area contributed by atoms with E-state index in [4.69, 9.17) is 0 Å². The Labute approximate surface area is 182 Å². The van der Waals surface area contributed by atoms with E-state index in [0.717, 1.165) is 12.1 Å². The molecule has 0 fully saturated rings. The molecule has 4 aromatic rings. The number of carbonyl (C=O) groups excluding carboxylic acids is 1. The van der Waals surface area contributed by atoms with Crippen molar-refractivity contribution in [3.8, 4) is 22.6 Å². The van der Waals surface area contributed by atoms with E-state index >= 15 is 0 Å². The summed E-state index contributed by atoms with van der Waals surface area (Å²) in [6.07, 6.45) is 0. The summed E-state index contributed by atoms with van der Waals surface area (Å²) in [4.78, 5) is 19.6. The molecule has 0 bridgehead atoms. The summed E-state index contributed by atoms with van der Waals surface area (Å²) in [5, 5.41) is 2.21. The summed E-state index contributed by atoms with van der Waals surface area (Å²) >= 11 is 0. The van der Waals surface area contributed by atoms with Gasteiger partial charge in [-0.15, -0.1) is 0 Å². The number of nitrogens with one attached hydrogen (secondary N) is 2. The summed E-state index contributed by atoms with van der Waals surface area (Å²) < 4.78 is 52.6. The number of benzene rings is 3. The molecule has 4 rings (SSSR count). The van der Waals surface area contributed by atoms with E-state index in [0.29, 0.717) is 11.1 Å². The number of hydrogen-bond donors (Lipinski definition) is 2. The molecule has 2 N–H and O–H groups in total. The van der Waals surface area contributed by atoms with Gasteiger partial charge in [-0.2, -0.15) is 0 Å². The van der Waals surface area contributed by atoms with Crippen molar-refractivity contribution in [2.45, 2.75) is 5.03 Å². The van der Waals surface area contributed by atoms with Gasteiger partial charge in [0.05, 0.1) is 0 Å². The average molecular weight is 453 g/mol. The van der Waals surface area contributed by atoms with Crippen LogP contribution in [0.1, 0.15) is 0 Å². The van der Waals surface area contributed by atoms with Crippen molar-refractivity contribution in [3.63, 3.8) is 0 Å². The Hall–Kier alpha value is -3.85. The molecule has 0 saturated carbocycles. The van der Waals surface area contributed by atoms with Gasteiger partial charge in [-0.3, -0.25) is 4.79 Å². The average Bonchev–Trinajstić information content (AvgIpc) is 3.23. The van der Waals surface area contributed by atoms with Crippen LogP contribution in [0, 0.1) is 11.6 Å². The van der Waals surface area contributed by atoms with Gasteiger partial charge in [-0.05, 0) is 48.5 Å². The van der Waals surface area contributed by atoms with Crippen LogP contribution in [0.4, 0.5) is 14.5 Å². The van der Waals surface area contributed by atoms with Crippen molar-refractivity contribution in [2.24, 2.45) is 0 Å². The highest BCUT2D eigenvalue weighted by Crippen LogP contribution is 2.30. The molecule has 0 radical (unpaired) electrons. The maximum atomic E-state index is 13.3. The summed E-state index contributed by atoms with van der Waals surface area (Å²) in [6.45, 7) is 0. The fraction of sp³-hybridized carbons (Fsp3) is 0.0435. The van der Waals surface area contributed by atoms with Crippen molar-refractivity contribution in [3.05, 3.63) is 90.5 Å². The smallest absolute Gasteiger partial charge is 0.240 e. The van der Waals surface area contributed by atoms with Crippen LogP contribution in [0.2, 0.25) is 0 Å². The van der Waals surface area contributed by atoms with Gasteiger partial charge in [0.25, 0.3) is 0 Å². The van der Waals surface area contributed by atoms with E-state index in [9.17, 15) is 22.0 Å². The van der Waals surface area contributed by atoms with Crippen LogP contribution in [0.15, 0.2) is 83.9 Å². The minimum Gasteiger partial charge on any atom is -0.329 e. The highest BCUT2D eigenvalue weighted by Gasteiger charge is 2.27. The molecule has 162 valence electrons. The predicted molar refractivity (Wildman–Crippen MR) is 117 cm³/mol. The fourth-order valence-electron chi connectivity index (χ4n) is 3.09.